The summed E-state index contributed by atoms with van der Waals surface area (Å²) in [6.07, 6.45) is 1.42. The highest BCUT2D eigenvalue weighted by molar-refractivity contribution is 7.12. The molecule has 2 heterocycles. The van der Waals surface area contributed by atoms with Gasteiger partial charge in [-0.25, -0.2) is 4.79 Å². The second-order valence-electron chi connectivity index (χ2n) is 3.44. The minimum atomic E-state index is -0.476. The van der Waals surface area contributed by atoms with E-state index in [4.69, 9.17) is 14.2 Å². The molecule has 0 aliphatic heterocycles. The molecule has 0 amide bonds. The molecular formula is C12H12N2O5S. The van der Waals surface area contributed by atoms with Gasteiger partial charge in [-0.2, -0.15) is 9.97 Å². The van der Waals surface area contributed by atoms with Gasteiger partial charge in [0.25, 0.3) is 5.88 Å². The Kier molecular flexibility index (Phi) is 4.36. The molecular weight excluding hydrogens is 284 g/mol. The van der Waals surface area contributed by atoms with Gasteiger partial charge < -0.3 is 18.9 Å². The van der Waals surface area contributed by atoms with E-state index < -0.39 is 5.97 Å². The van der Waals surface area contributed by atoms with Crippen LogP contribution in [-0.4, -0.2) is 37.3 Å². The monoisotopic (exact) mass is 296 g/mol. The Bertz CT molecular complexity index is 614. The van der Waals surface area contributed by atoms with Crippen molar-refractivity contribution >= 4 is 17.3 Å². The first-order valence-electron chi connectivity index (χ1n) is 5.48. The van der Waals surface area contributed by atoms with Crippen molar-refractivity contribution in [2.24, 2.45) is 0 Å². The summed E-state index contributed by atoms with van der Waals surface area (Å²) in [7, 11) is 4.24. The van der Waals surface area contributed by atoms with Gasteiger partial charge in [-0.1, -0.05) is 0 Å². The van der Waals surface area contributed by atoms with Crippen molar-refractivity contribution in [2.45, 2.75) is 0 Å². The van der Waals surface area contributed by atoms with E-state index >= 15 is 0 Å². The van der Waals surface area contributed by atoms with Gasteiger partial charge in [0.05, 0.1) is 27.5 Å². The summed E-state index contributed by atoms with van der Waals surface area (Å²) in [6, 6.07) is 1.68. The van der Waals surface area contributed by atoms with Gasteiger partial charge in [0.1, 0.15) is 0 Å². The molecule has 7 nitrogen and oxygen atoms in total. The van der Waals surface area contributed by atoms with Crippen molar-refractivity contribution in [3.8, 4) is 23.4 Å². The maximum atomic E-state index is 11.5. The Morgan fingerprint density at radius 3 is 2.65 bits per heavy atom. The fourth-order valence-electron chi connectivity index (χ4n) is 1.39. The lowest BCUT2D eigenvalue weighted by molar-refractivity contribution is 0.0603. The van der Waals surface area contributed by atoms with Gasteiger partial charge in [-0.15, -0.1) is 11.3 Å². The molecule has 0 radical (unpaired) electrons. The molecule has 0 aliphatic carbocycles. The van der Waals surface area contributed by atoms with Gasteiger partial charge in [-0.3, -0.25) is 0 Å². The molecule has 0 atom stereocenters. The molecule has 0 N–H and O–H groups in total. The lowest BCUT2D eigenvalue weighted by Gasteiger charge is -2.08. The van der Waals surface area contributed by atoms with E-state index in [1.54, 1.807) is 11.4 Å². The first-order chi connectivity index (χ1) is 9.69. The standard InChI is InChI=1S/C12H12N2O5S/c1-16-8-6-13-12(14-10(8)17-2)19-7-4-5-20-9(7)11(15)18-3/h4-6H,1-3H3. The number of rotatable bonds is 5. The van der Waals surface area contributed by atoms with E-state index in [1.165, 1.54) is 38.9 Å². The van der Waals surface area contributed by atoms with Crippen molar-refractivity contribution in [1.29, 1.82) is 0 Å². The highest BCUT2D eigenvalue weighted by Gasteiger charge is 2.17. The molecule has 0 saturated heterocycles. The van der Waals surface area contributed by atoms with E-state index in [9.17, 15) is 4.79 Å². The van der Waals surface area contributed by atoms with E-state index in [1.807, 2.05) is 0 Å². The van der Waals surface area contributed by atoms with Crippen LogP contribution in [-0.2, 0) is 4.74 Å². The van der Waals surface area contributed by atoms with Crippen LogP contribution in [0.1, 0.15) is 9.67 Å². The van der Waals surface area contributed by atoms with Crippen LogP contribution in [0, 0.1) is 0 Å². The van der Waals surface area contributed by atoms with Gasteiger partial charge in [0.2, 0.25) is 0 Å². The summed E-state index contributed by atoms with van der Waals surface area (Å²) in [5.74, 6) is 0.482. The zero-order valence-electron chi connectivity index (χ0n) is 11.1. The largest absolute Gasteiger partial charge is 0.490 e. The van der Waals surface area contributed by atoms with Crippen LogP contribution in [0.2, 0.25) is 0 Å². The van der Waals surface area contributed by atoms with Crippen LogP contribution in [0.5, 0.6) is 23.4 Å². The first kappa shape index (κ1) is 14.1. The molecule has 2 rings (SSSR count). The Morgan fingerprint density at radius 1 is 1.20 bits per heavy atom. The number of nitrogens with zero attached hydrogens (tertiary/aromatic N) is 2. The highest BCUT2D eigenvalue weighted by atomic mass is 32.1. The van der Waals surface area contributed by atoms with Crippen LogP contribution >= 0.6 is 11.3 Å². The van der Waals surface area contributed by atoms with Crippen molar-refractivity contribution in [1.82, 2.24) is 9.97 Å². The fourth-order valence-corrected chi connectivity index (χ4v) is 2.13. The Balaban J connectivity index is 2.26. The maximum absolute atomic E-state index is 11.5. The van der Waals surface area contributed by atoms with Crippen molar-refractivity contribution in [2.75, 3.05) is 21.3 Å². The molecule has 0 aromatic carbocycles. The average molecular weight is 296 g/mol. The third-order valence-corrected chi connectivity index (χ3v) is 3.19. The molecule has 2 aromatic heterocycles. The van der Waals surface area contributed by atoms with Crippen LogP contribution in [0.4, 0.5) is 0 Å². The predicted molar refractivity (Wildman–Crippen MR) is 70.9 cm³/mol. The summed E-state index contributed by atoms with van der Waals surface area (Å²) in [5, 5.41) is 1.71. The highest BCUT2D eigenvalue weighted by Crippen LogP contribution is 2.31. The number of thiophene rings is 1. The average Bonchev–Trinajstić information content (AvgIpc) is 2.94. The number of hydrogen-bond acceptors (Lipinski definition) is 8. The minimum absolute atomic E-state index is 0.0474. The molecule has 106 valence electrons. The van der Waals surface area contributed by atoms with Crippen LogP contribution in [0.3, 0.4) is 0 Å². The summed E-state index contributed by atoms with van der Waals surface area (Å²) in [5.41, 5.74) is 0. The van der Waals surface area contributed by atoms with Gasteiger partial charge in [0, 0.05) is 0 Å². The second kappa shape index (κ2) is 6.20. The Morgan fingerprint density at radius 2 is 2.00 bits per heavy atom. The Hall–Kier alpha value is -2.35. The van der Waals surface area contributed by atoms with Gasteiger partial charge >= 0.3 is 12.0 Å². The summed E-state index contributed by atoms with van der Waals surface area (Å²) < 4.78 is 20.2. The van der Waals surface area contributed by atoms with E-state index in [2.05, 4.69) is 14.7 Å². The quantitative estimate of drug-likeness (QED) is 0.782. The lowest BCUT2D eigenvalue weighted by Crippen LogP contribution is -2.02. The number of methoxy groups -OCH3 is 3. The number of ether oxygens (including phenoxy) is 4. The van der Waals surface area contributed by atoms with Gasteiger partial charge in [-0.05, 0) is 11.4 Å². The number of aromatic nitrogens is 2. The molecule has 0 spiro atoms. The Labute approximate surface area is 119 Å². The van der Waals surface area contributed by atoms with E-state index in [-0.39, 0.29) is 11.9 Å². The van der Waals surface area contributed by atoms with Gasteiger partial charge in [0.15, 0.2) is 16.4 Å². The van der Waals surface area contributed by atoms with E-state index in [0.717, 1.165) is 0 Å². The summed E-state index contributed by atoms with van der Waals surface area (Å²) in [4.78, 5) is 19.9. The second-order valence-corrected chi connectivity index (χ2v) is 4.35. The normalized spacial score (nSPS) is 9.95. The molecule has 0 aliphatic rings. The van der Waals surface area contributed by atoms with Crippen molar-refractivity contribution in [3.63, 3.8) is 0 Å². The van der Waals surface area contributed by atoms with Crippen LogP contribution in [0.15, 0.2) is 17.6 Å². The first-order valence-corrected chi connectivity index (χ1v) is 6.36. The SMILES string of the molecule is COC(=O)c1sccc1Oc1ncc(OC)c(OC)n1. The molecule has 8 heteroatoms. The maximum Gasteiger partial charge on any atom is 0.351 e. The number of carbonyl (C=O) groups is 1. The molecule has 0 bridgehead atoms. The van der Waals surface area contributed by atoms with Crippen molar-refractivity contribution < 1.29 is 23.7 Å². The smallest absolute Gasteiger partial charge is 0.351 e. The molecule has 20 heavy (non-hydrogen) atoms. The number of hydrogen-bond donors (Lipinski definition) is 0. The number of carbonyl (C=O) groups excluding carboxylic acids is 1. The lowest BCUT2D eigenvalue weighted by atomic mass is 10.4. The molecule has 0 fully saturated rings. The topological polar surface area (TPSA) is 79.8 Å². The minimum Gasteiger partial charge on any atom is -0.490 e. The van der Waals surface area contributed by atoms with E-state index in [0.29, 0.717) is 16.4 Å². The predicted octanol–water partition coefficient (Wildman–Crippen LogP) is 2.13. The molecule has 2 aromatic rings. The zero-order chi connectivity index (χ0) is 14.5. The third-order valence-electron chi connectivity index (χ3n) is 2.31. The number of esters is 1. The fraction of sp³-hybridized carbons (Fsp3) is 0.250. The molecule has 0 saturated carbocycles. The van der Waals surface area contributed by atoms with Crippen LogP contribution < -0.4 is 14.2 Å². The summed E-state index contributed by atoms with van der Waals surface area (Å²) in [6.45, 7) is 0. The third kappa shape index (κ3) is 2.80. The van der Waals surface area contributed by atoms with Crippen molar-refractivity contribution in [3.05, 3.63) is 22.5 Å². The summed E-state index contributed by atoms with van der Waals surface area (Å²) >= 11 is 1.21. The van der Waals surface area contributed by atoms with Crippen LogP contribution in [0.25, 0.3) is 0 Å². The molecule has 0 unspecified atom stereocenters. The zero-order valence-corrected chi connectivity index (χ0v) is 11.9.